The predicted octanol–water partition coefficient (Wildman–Crippen LogP) is 2.44. The van der Waals surface area contributed by atoms with Gasteiger partial charge in [0, 0.05) is 11.5 Å². The van der Waals surface area contributed by atoms with Gasteiger partial charge in [-0.05, 0) is 11.1 Å². The Labute approximate surface area is 82.2 Å². The Hall–Kier alpha value is -1.83. The van der Waals surface area contributed by atoms with Crippen LogP contribution in [-0.4, -0.2) is 11.1 Å². The molecule has 0 fully saturated rings. The number of carboxylic acids is 1. The standard InChI is InChI=1S/C12H10O2/c1-8(12(13)14)10-7-6-9-4-2-3-5-11(9)10/h2-7,10H,1H2,(H,13,14). The van der Waals surface area contributed by atoms with Gasteiger partial charge in [-0.25, -0.2) is 4.79 Å². The zero-order valence-electron chi connectivity index (χ0n) is 7.60. The van der Waals surface area contributed by atoms with Crippen molar-refractivity contribution in [2.75, 3.05) is 0 Å². The van der Waals surface area contributed by atoms with E-state index < -0.39 is 5.97 Å². The Morgan fingerprint density at radius 2 is 2.07 bits per heavy atom. The maximum Gasteiger partial charge on any atom is 0.331 e. The van der Waals surface area contributed by atoms with Gasteiger partial charge in [0.2, 0.25) is 0 Å². The Morgan fingerprint density at radius 1 is 1.36 bits per heavy atom. The van der Waals surface area contributed by atoms with Crippen molar-refractivity contribution >= 4 is 12.0 Å². The van der Waals surface area contributed by atoms with E-state index in [0.717, 1.165) is 11.1 Å². The van der Waals surface area contributed by atoms with Gasteiger partial charge in [-0.15, -0.1) is 0 Å². The summed E-state index contributed by atoms with van der Waals surface area (Å²) in [6.07, 6.45) is 3.81. The highest BCUT2D eigenvalue weighted by Gasteiger charge is 2.22. The zero-order valence-corrected chi connectivity index (χ0v) is 7.60. The summed E-state index contributed by atoms with van der Waals surface area (Å²) in [5.41, 5.74) is 2.34. The second-order valence-electron chi connectivity index (χ2n) is 3.30. The number of benzene rings is 1. The van der Waals surface area contributed by atoms with Crippen LogP contribution in [0.1, 0.15) is 17.0 Å². The molecule has 1 N–H and O–H groups in total. The molecule has 1 aromatic rings. The van der Waals surface area contributed by atoms with Crippen LogP contribution in [0.3, 0.4) is 0 Å². The largest absolute Gasteiger partial charge is 0.478 e. The summed E-state index contributed by atoms with van der Waals surface area (Å²) in [5, 5.41) is 8.83. The number of rotatable bonds is 2. The summed E-state index contributed by atoms with van der Waals surface area (Å²) < 4.78 is 0. The van der Waals surface area contributed by atoms with Gasteiger partial charge in [-0.1, -0.05) is 43.0 Å². The van der Waals surface area contributed by atoms with E-state index in [1.165, 1.54) is 0 Å². The number of hydrogen-bond donors (Lipinski definition) is 1. The number of aliphatic carboxylic acids is 1. The lowest BCUT2D eigenvalue weighted by Gasteiger charge is -2.09. The van der Waals surface area contributed by atoms with Crippen molar-refractivity contribution in [3.63, 3.8) is 0 Å². The third-order valence-corrected chi connectivity index (χ3v) is 2.45. The van der Waals surface area contributed by atoms with Gasteiger partial charge in [0.25, 0.3) is 0 Å². The maximum absolute atomic E-state index is 10.8. The van der Waals surface area contributed by atoms with Crippen LogP contribution in [-0.2, 0) is 4.79 Å². The topological polar surface area (TPSA) is 37.3 Å². The summed E-state index contributed by atoms with van der Waals surface area (Å²) in [4.78, 5) is 10.8. The summed E-state index contributed by atoms with van der Waals surface area (Å²) >= 11 is 0. The quantitative estimate of drug-likeness (QED) is 0.720. The third kappa shape index (κ3) is 1.25. The Bertz CT molecular complexity index is 430. The number of carbonyl (C=O) groups is 1. The molecular formula is C12H10O2. The molecule has 1 atom stereocenters. The lowest BCUT2D eigenvalue weighted by molar-refractivity contribution is -0.132. The molecule has 2 nitrogen and oxygen atoms in total. The number of hydrogen-bond acceptors (Lipinski definition) is 1. The third-order valence-electron chi connectivity index (χ3n) is 2.45. The smallest absolute Gasteiger partial charge is 0.331 e. The first-order valence-corrected chi connectivity index (χ1v) is 4.39. The molecule has 2 rings (SSSR count). The molecule has 0 heterocycles. The summed E-state index contributed by atoms with van der Waals surface area (Å²) in [6.45, 7) is 3.58. The molecule has 0 spiro atoms. The molecular weight excluding hydrogens is 176 g/mol. The van der Waals surface area contributed by atoms with Gasteiger partial charge in [0.15, 0.2) is 0 Å². The number of carboxylic acid groups (broad SMARTS) is 1. The minimum atomic E-state index is -0.934. The van der Waals surface area contributed by atoms with Gasteiger partial charge in [-0.3, -0.25) is 0 Å². The second-order valence-corrected chi connectivity index (χ2v) is 3.30. The van der Waals surface area contributed by atoms with Crippen molar-refractivity contribution < 1.29 is 9.90 Å². The van der Waals surface area contributed by atoms with Gasteiger partial charge in [0.1, 0.15) is 0 Å². The monoisotopic (exact) mass is 186 g/mol. The van der Waals surface area contributed by atoms with E-state index >= 15 is 0 Å². The molecule has 0 saturated carbocycles. The molecule has 0 aromatic heterocycles. The van der Waals surface area contributed by atoms with Crippen molar-refractivity contribution in [3.8, 4) is 0 Å². The van der Waals surface area contributed by atoms with E-state index in [2.05, 4.69) is 6.58 Å². The van der Waals surface area contributed by atoms with E-state index in [-0.39, 0.29) is 11.5 Å². The van der Waals surface area contributed by atoms with Gasteiger partial charge < -0.3 is 5.11 Å². The first kappa shape index (κ1) is 8.75. The minimum Gasteiger partial charge on any atom is -0.478 e. The Morgan fingerprint density at radius 3 is 2.79 bits per heavy atom. The molecule has 14 heavy (non-hydrogen) atoms. The molecule has 70 valence electrons. The van der Waals surface area contributed by atoms with Crippen LogP contribution in [0.4, 0.5) is 0 Å². The van der Waals surface area contributed by atoms with Crippen molar-refractivity contribution in [1.29, 1.82) is 0 Å². The second kappa shape index (κ2) is 3.14. The predicted molar refractivity (Wildman–Crippen MR) is 55.0 cm³/mol. The van der Waals surface area contributed by atoms with E-state index in [1.807, 2.05) is 36.4 Å². The Kier molecular flexibility index (Phi) is 1.97. The van der Waals surface area contributed by atoms with E-state index in [1.54, 1.807) is 0 Å². The zero-order chi connectivity index (χ0) is 10.1. The first-order chi connectivity index (χ1) is 6.70. The van der Waals surface area contributed by atoms with Crippen LogP contribution in [0, 0.1) is 0 Å². The lowest BCUT2D eigenvalue weighted by Crippen LogP contribution is -2.06. The maximum atomic E-state index is 10.8. The summed E-state index contributed by atoms with van der Waals surface area (Å²) in [7, 11) is 0. The molecule has 1 aliphatic rings. The summed E-state index contributed by atoms with van der Waals surface area (Å²) in [5.74, 6) is -1.10. The number of allylic oxidation sites excluding steroid dienone is 1. The van der Waals surface area contributed by atoms with Crippen LogP contribution in [0.25, 0.3) is 6.08 Å². The van der Waals surface area contributed by atoms with Gasteiger partial charge in [0.05, 0.1) is 0 Å². The van der Waals surface area contributed by atoms with Crippen molar-refractivity contribution in [1.82, 2.24) is 0 Å². The fourth-order valence-corrected chi connectivity index (χ4v) is 1.69. The normalized spacial score (nSPS) is 17.9. The van der Waals surface area contributed by atoms with Crippen LogP contribution >= 0.6 is 0 Å². The number of fused-ring (bicyclic) bond motifs is 1. The van der Waals surface area contributed by atoms with Crippen molar-refractivity contribution in [3.05, 3.63) is 53.6 Å². The molecule has 0 aliphatic heterocycles. The highest BCUT2D eigenvalue weighted by molar-refractivity contribution is 5.90. The molecule has 1 unspecified atom stereocenters. The van der Waals surface area contributed by atoms with E-state index in [9.17, 15) is 4.79 Å². The average molecular weight is 186 g/mol. The van der Waals surface area contributed by atoms with Crippen molar-refractivity contribution in [2.45, 2.75) is 5.92 Å². The lowest BCUT2D eigenvalue weighted by atomic mass is 9.94. The molecule has 1 aromatic carbocycles. The molecule has 0 radical (unpaired) electrons. The van der Waals surface area contributed by atoms with Gasteiger partial charge in [-0.2, -0.15) is 0 Å². The summed E-state index contributed by atoms with van der Waals surface area (Å²) in [6, 6.07) is 7.76. The van der Waals surface area contributed by atoms with Crippen molar-refractivity contribution in [2.24, 2.45) is 0 Å². The fourth-order valence-electron chi connectivity index (χ4n) is 1.69. The van der Waals surface area contributed by atoms with Crippen LogP contribution in [0.5, 0.6) is 0 Å². The SMILES string of the molecule is C=C(C(=O)O)C1C=Cc2ccccc21. The van der Waals surface area contributed by atoms with E-state index in [4.69, 9.17) is 5.11 Å². The molecule has 0 amide bonds. The minimum absolute atomic E-state index is 0.163. The molecule has 2 heteroatoms. The molecule has 0 saturated heterocycles. The molecule has 1 aliphatic carbocycles. The molecule has 0 bridgehead atoms. The van der Waals surface area contributed by atoms with Crippen LogP contribution in [0.15, 0.2) is 42.5 Å². The van der Waals surface area contributed by atoms with Gasteiger partial charge >= 0.3 is 5.97 Å². The Balaban J connectivity index is 2.40. The highest BCUT2D eigenvalue weighted by Crippen LogP contribution is 2.34. The highest BCUT2D eigenvalue weighted by atomic mass is 16.4. The fraction of sp³-hybridized carbons (Fsp3) is 0.0833. The van der Waals surface area contributed by atoms with Crippen LogP contribution in [0.2, 0.25) is 0 Å². The van der Waals surface area contributed by atoms with Crippen LogP contribution < -0.4 is 0 Å². The first-order valence-electron chi connectivity index (χ1n) is 4.39. The average Bonchev–Trinajstić information content (AvgIpc) is 2.60. The van der Waals surface area contributed by atoms with E-state index in [0.29, 0.717) is 0 Å².